The minimum Gasteiger partial charge on any atom is -0.507 e. The van der Waals surface area contributed by atoms with Crippen LogP contribution in [-0.2, 0) is 15.3 Å². The first-order chi connectivity index (χ1) is 17.4. The fourth-order valence-corrected chi connectivity index (χ4v) is 6.18. The highest BCUT2D eigenvalue weighted by molar-refractivity contribution is 9.10. The van der Waals surface area contributed by atoms with Crippen molar-refractivity contribution >= 4 is 77.5 Å². The molecule has 0 bridgehead atoms. The number of aliphatic hydroxyl groups excluding tert-OH is 1. The van der Waals surface area contributed by atoms with Crippen molar-refractivity contribution in [3.05, 3.63) is 110 Å². The van der Waals surface area contributed by atoms with Crippen molar-refractivity contribution in [2.24, 2.45) is 0 Å². The first-order valence-electron chi connectivity index (χ1n) is 10.7. The Bertz CT molecular complexity index is 1460. The van der Waals surface area contributed by atoms with Gasteiger partial charge in [-0.25, -0.2) is 0 Å². The molecule has 0 saturated carbocycles. The van der Waals surface area contributed by atoms with Gasteiger partial charge in [0.15, 0.2) is 4.34 Å². The van der Waals surface area contributed by atoms with Crippen molar-refractivity contribution in [2.75, 3.05) is 4.90 Å². The Kier molecular flexibility index (Phi) is 7.38. The van der Waals surface area contributed by atoms with Gasteiger partial charge in [0.05, 0.1) is 11.6 Å². The number of thioether (sulfide) groups is 1. The zero-order valence-electron chi connectivity index (χ0n) is 18.5. The molecular formula is C26H17Br2N3O3S2. The van der Waals surface area contributed by atoms with Crippen molar-refractivity contribution in [1.29, 1.82) is 0 Å². The summed E-state index contributed by atoms with van der Waals surface area (Å²) in [5.74, 6) is -1.05. The van der Waals surface area contributed by atoms with E-state index in [-0.39, 0.29) is 11.3 Å². The van der Waals surface area contributed by atoms with E-state index in [4.69, 9.17) is 0 Å². The summed E-state index contributed by atoms with van der Waals surface area (Å²) in [5, 5.41) is 20.0. The van der Waals surface area contributed by atoms with Crippen molar-refractivity contribution in [1.82, 2.24) is 10.2 Å². The number of aliphatic hydroxyl groups is 1. The first-order valence-corrected chi connectivity index (χ1v) is 14.1. The summed E-state index contributed by atoms with van der Waals surface area (Å²) in [5.41, 5.74) is 2.27. The summed E-state index contributed by atoms with van der Waals surface area (Å²) < 4.78 is 2.36. The maximum atomic E-state index is 13.3. The summed E-state index contributed by atoms with van der Waals surface area (Å²) >= 11 is 9.56. The highest BCUT2D eigenvalue weighted by atomic mass is 79.9. The van der Waals surface area contributed by atoms with Crippen LogP contribution in [0.1, 0.15) is 22.7 Å². The Morgan fingerprint density at radius 3 is 2.22 bits per heavy atom. The molecule has 1 aliphatic rings. The monoisotopic (exact) mass is 641 g/mol. The standard InChI is InChI=1S/C26H17Br2N3O3S2/c27-18-10-6-16(7-11-18)21-20(22(32)17-8-12-19(28)13-9-17)23(33)24(34)31(21)25-29-30-26(36-25)35-14-15-4-2-1-3-5-15/h1-13,21,32H,14H2/b22-20-. The van der Waals surface area contributed by atoms with Gasteiger partial charge in [0, 0.05) is 20.3 Å². The van der Waals surface area contributed by atoms with E-state index in [2.05, 4.69) is 42.1 Å². The van der Waals surface area contributed by atoms with Crippen LogP contribution >= 0.6 is 55.0 Å². The van der Waals surface area contributed by atoms with Crippen LogP contribution in [0.15, 0.2) is 97.7 Å². The Morgan fingerprint density at radius 1 is 0.917 bits per heavy atom. The molecule has 6 nitrogen and oxygen atoms in total. The van der Waals surface area contributed by atoms with Crippen LogP contribution in [0.25, 0.3) is 5.76 Å². The summed E-state index contributed by atoms with van der Waals surface area (Å²) in [6.45, 7) is 0. The molecule has 3 aromatic carbocycles. The van der Waals surface area contributed by atoms with E-state index in [1.807, 2.05) is 54.6 Å². The third-order valence-corrected chi connectivity index (χ3v) is 8.74. The van der Waals surface area contributed by atoms with Gasteiger partial charge in [0.1, 0.15) is 5.76 Å². The number of Topliss-reactive ketones (excluding diaryl/α,β-unsaturated/α-hetero) is 1. The highest BCUT2D eigenvalue weighted by Gasteiger charge is 2.48. The molecule has 1 aliphatic heterocycles. The molecule has 180 valence electrons. The zero-order valence-corrected chi connectivity index (χ0v) is 23.3. The third kappa shape index (κ3) is 5.04. The van der Waals surface area contributed by atoms with Gasteiger partial charge in [-0.05, 0) is 35.4 Å². The van der Waals surface area contributed by atoms with Gasteiger partial charge in [-0.3, -0.25) is 14.5 Å². The minimum absolute atomic E-state index is 0.0123. The van der Waals surface area contributed by atoms with Gasteiger partial charge >= 0.3 is 5.91 Å². The van der Waals surface area contributed by atoms with Crippen molar-refractivity contribution in [3.8, 4) is 0 Å². The number of amides is 1. The first kappa shape index (κ1) is 24.9. The molecule has 0 spiro atoms. The van der Waals surface area contributed by atoms with Crippen LogP contribution in [0.3, 0.4) is 0 Å². The number of anilines is 1. The third-order valence-electron chi connectivity index (χ3n) is 5.55. The van der Waals surface area contributed by atoms with Crippen LogP contribution in [0.5, 0.6) is 0 Å². The van der Waals surface area contributed by atoms with E-state index in [0.717, 1.165) is 14.5 Å². The van der Waals surface area contributed by atoms with Crippen LogP contribution < -0.4 is 4.90 Å². The van der Waals surface area contributed by atoms with Crippen LogP contribution in [0.4, 0.5) is 5.13 Å². The average Bonchev–Trinajstić information content (AvgIpc) is 3.46. The fraction of sp³-hybridized carbons (Fsp3) is 0.0769. The maximum Gasteiger partial charge on any atom is 0.301 e. The molecule has 0 radical (unpaired) electrons. The Hall–Kier alpha value is -2.79. The van der Waals surface area contributed by atoms with Crippen LogP contribution in [0, 0.1) is 0 Å². The number of rotatable bonds is 6. The SMILES string of the molecule is O=C1C(=O)N(c2nnc(SCc3ccccc3)s2)C(c2ccc(Br)cc2)/C1=C(/O)c1ccc(Br)cc1. The number of carbonyl (C=O) groups is 2. The summed E-state index contributed by atoms with van der Waals surface area (Å²) in [6, 6.07) is 23.3. The number of benzene rings is 3. The van der Waals surface area contributed by atoms with E-state index in [1.54, 1.807) is 24.3 Å². The molecule has 1 fully saturated rings. The lowest BCUT2D eigenvalue weighted by atomic mass is 9.95. The molecule has 1 atom stereocenters. The molecule has 4 aromatic rings. The van der Waals surface area contributed by atoms with E-state index in [0.29, 0.717) is 26.4 Å². The molecule has 36 heavy (non-hydrogen) atoms. The van der Waals surface area contributed by atoms with Crippen LogP contribution in [0.2, 0.25) is 0 Å². The molecule has 0 aliphatic carbocycles. The van der Waals surface area contributed by atoms with Gasteiger partial charge in [-0.1, -0.05) is 110 Å². The quantitative estimate of drug-likeness (QED) is 0.0803. The van der Waals surface area contributed by atoms with E-state index < -0.39 is 17.7 Å². The molecule has 1 amide bonds. The molecular weight excluding hydrogens is 626 g/mol. The van der Waals surface area contributed by atoms with E-state index in [1.165, 1.54) is 28.0 Å². The highest BCUT2D eigenvalue weighted by Crippen LogP contribution is 2.44. The second-order valence-corrected chi connectivity index (χ2v) is 11.9. The predicted molar refractivity (Wildman–Crippen MR) is 149 cm³/mol. The number of halogens is 2. The number of hydrogen-bond acceptors (Lipinski definition) is 7. The van der Waals surface area contributed by atoms with Crippen molar-refractivity contribution in [2.45, 2.75) is 16.1 Å². The second-order valence-electron chi connectivity index (χ2n) is 7.85. The summed E-state index contributed by atoms with van der Waals surface area (Å²) in [6.07, 6.45) is 0. The lowest BCUT2D eigenvalue weighted by molar-refractivity contribution is -0.132. The zero-order chi connectivity index (χ0) is 25.2. The topological polar surface area (TPSA) is 83.4 Å². The smallest absolute Gasteiger partial charge is 0.301 e. The number of aromatic nitrogens is 2. The summed E-state index contributed by atoms with van der Waals surface area (Å²) in [7, 11) is 0. The van der Waals surface area contributed by atoms with Gasteiger partial charge < -0.3 is 5.11 Å². The maximum absolute atomic E-state index is 13.3. The number of ketones is 1. The Morgan fingerprint density at radius 2 is 1.56 bits per heavy atom. The second kappa shape index (κ2) is 10.7. The predicted octanol–water partition coefficient (Wildman–Crippen LogP) is 6.98. The molecule has 1 unspecified atom stereocenters. The Labute approximate surface area is 232 Å². The number of nitrogens with zero attached hydrogens (tertiary/aromatic N) is 3. The van der Waals surface area contributed by atoms with Crippen LogP contribution in [-0.4, -0.2) is 27.0 Å². The molecule has 5 rings (SSSR count). The van der Waals surface area contributed by atoms with Gasteiger partial charge in [-0.2, -0.15) is 0 Å². The lowest BCUT2D eigenvalue weighted by Crippen LogP contribution is -2.29. The van der Waals surface area contributed by atoms with E-state index in [9.17, 15) is 14.7 Å². The van der Waals surface area contributed by atoms with Gasteiger partial charge in [-0.15, -0.1) is 10.2 Å². The van der Waals surface area contributed by atoms with Crippen molar-refractivity contribution in [3.63, 3.8) is 0 Å². The molecule has 1 saturated heterocycles. The summed E-state index contributed by atoms with van der Waals surface area (Å²) in [4.78, 5) is 27.9. The largest absolute Gasteiger partial charge is 0.507 e. The molecule has 10 heteroatoms. The van der Waals surface area contributed by atoms with E-state index >= 15 is 0 Å². The van der Waals surface area contributed by atoms with Crippen molar-refractivity contribution < 1.29 is 14.7 Å². The van der Waals surface area contributed by atoms with Gasteiger partial charge in [0.25, 0.3) is 5.78 Å². The van der Waals surface area contributed by atoms with Gasteiger partial charge in [0.2, 0.25) is 5.13 Å². The minimum atomic E-state index is -0.846. The average molecular weight is 643 g/mol. The Balaban J connectivity index is 1.55. The fourth-order valence-electron chi connectivity index (χ4n) is 3.83. The molecule has 1 aromatic heterocycles. The molecule has 1 N–H and O–H groups in total. The molecule has 2 heterocycles. The normalized spacial score (nSPS) is 17.1. The lowest BCUT2D eigenvalue weighted by Gasteiger charge is -2.22. The number of carbonyl (C=O) groups excluding carboxylic acids is 2. The number of hydrogen-bond donors (Lipinski definition) is 1.